The molecule has 0 aliphatic carbocycles. The molecule has 0 spiro atoms. The van der Waals surface area contributed by atoms with E-state index in [4.69, 9.17) is 4.74 Å². The number of amides is 2. The Morgan fingerprint density at radius 1 is 0.964 bits per heavy atom. The number of alkyl halides is 3. The molecule has 6 nitrogen and oxygen atoms in total. The maximum Gasteiger partial charge on any atom is 0.460 e. The van der Waals surface area contributed by atoms with Gasteiger partial charge in [-0.3, -0.25) is 5.32 Å². The lowest BCUT2D eigenvalue weighted by molar-refractivity contribution is -0.258. The molecule has 0 aliphatic rings. The predicted molar refractivity (Wildman–Crippen MR) is 86.4 cm³/mol. The molecule has 28 heavy (non-hydrogen) atoms. The van der Waals surface area contributed by atoms with E-state index >= 15 is 0 Å². The molecule has 0 aliphatic heterocycles. The molecule has 1 atom stereocenters. The highest BCUT2D eigenvalue weighted by atomic mass is 19.4. The molecule has 2 N–H and O–H groups in total. The average Bonchev–Trinajstić information content (AvgIpc) is 2.63. The van der Waals surface area contributed by atoms with E-state index in [0.29, 0.717) is 19.2 Å². The van der Waals surface area contributed by atoms with E-state index in [9.17, 15) is 31.5 Å². The summed E-state index contributed by atoms with van der Waals surface area (Å²) < 4.78 is 76.3. The summed E-state index contributed by atoms with van der Waals surface area (Å²) in [7, 11) is 0.673. The number of rotatable bonds is 5. The number of benzene rings is 2. The molecule has 0 aromatic heterocycles. The van der Waals surface area contributed by atoms with Gasteiger partial charge in [0.1, 0.15) is 5.75 Å². The molecule has 0 heterocycles. The van der Waals surface area contributed by atoms with E-state index in [1.165, 1.54) is 23.5 Å². The Kier molecular flexibility index (Phi) is 6.06. The second-order valence-corrected chi connectivity index (χ2v) is 5.29. The molecule has 2 amide bonds. The van der Waals surface area contributed by atoms with Gasteiger partial charge in [0, 0.05) is 11.8 Å². The Hall–Kier alpha value is -3.37. The molecule has 0 fully saturated rings. The SMILES string of the molecule is COC(=O)C(NC(=O)Nc1ccc(F)c(F)c1)(Oc1ccccc1)C(F)(F)F. The number of methoxy groups -OCH3 is 1. The van der Waals surface area contributed by atoms with Crippen LogP contribution in [-0.2, 0) is 9.53 Å². The Bertz CT molecular complexity index is 860. The lowest BCUT2D eigenvalue weighted by Gasteiger charge is -2.33. The first-order chi connectivity index (χ1) is 13.1. The highest BCUT2D eigenvalue weighted by Crippen LogP contribution is 2.34. The summed E-state index contributed by atoms with van der Waals surface area (Å²) in [5.74, 6) is -4.91. The average molecular weight is 404 g/mol. The van der Waals surface area contributed by atoms with Gasteiger partial charge in [-0.15, -0.1) is 0 Å². The van der Waals surface area contributed by atoms with E-state index in [0.717, 1.165) is 18.2 Å². The highest BCUT2D eigenvalue weighted by molar-refractivity contribution is 5.94. The fourth-order valence-electron chi connectivity index (χ4n) is 2.07. The summed E-state index contributed by atoms with van der Waals surface area (Å²) in [4.78, 5) is 24.0. The first-order valence-corrected chi connectivity index (χ1v) is 7.52. The van der Waals surface area contributed by atoms with Gasteiger partial charge in [-0.2, -0.15) is 13.2 Å². The summed E-state index contributed by atoms with van der Waals surface area (Å²) in [6, 6.07) is 6.95. The third kappa shape index (κ3) is 4.48. The molecule has 0 saturated carbocycles. The van der Waals surface area contributed by atoms with Crippen molar-refractivity contribution >= 4 is 17.7 Å². The Balaban J connectivity index is 2.35. The maximum absolute atomic E-state index is 13.7. The first kappa shape index (κ1) is 20.9. The second kappa shape index (κ2) is 8.11. The zero-order valence-corrected chi connectivity index (χ0v) is 14.1. The lowest BCUT2D eigenvalue weighted by atomic mass is 10.2. The zero-order chi connectivity index (χ0) is 20.9. The fourth-order valence-corrected chi connectivity index (χ4v) is 2.07. The highest BCUT2D eigenvalue weighted by Gasteiger charge is 2.66. The van der Waals surface area contributed by atoms with Crippen molar-refractivity contribution in [1.82, 2.24) is 5.32 Å². The van der Waals surface area contributed by atoms with Crippen LogP contribution in [0.1, 0.15) is 0 Å². The normalized spacial score (nSPS) is 13.2. The minimum absolute atomic E-state index is 0.364. The monoisotopic (exact) mass is 404 g/mol. The minimum atomic E-state index is -5.44. The van der Waals surface area contributed by atoms with Gasteiger partial charge in [0.2, 0.25) is 0 Å². The number of ether oxygens (including phenoxy) is 2. The number of anilines is 1. The van der Waals surface area contributed by atoms with E-state index in [2.05, 4.69) is 4.74 Å². The minimum Gasteiger partial charge on any atom is -0.464 e. The molecule has 2 rings (SSSR count). The van der Waals surface area contributed by atoms with Crippen LogP contribution in [0.25, 0.3) is 0 Å². The predicted octanol–water partition coefficient (Wildman–Crippen LogP) is 3.60. The van der Waals surface area contributed by atoms with Crippen LogP contribution >= 0.6 is 0 Å². The van der Waals surface area contributed by atoms with Gasteiger partial charge in [-0.05, 0) is 24.3 Å². The van der Waals surface area contributed by atoms with Crippen molar-refractivity contribution in [2.24, 2.45) is 0 Å². The fraction of sp³-hybridized carbons (Fsp3) is 0.176. The quantitative estimate of drug-likeness (QED) is 0.454. The smallest absolute Gasteiger partial charge is 0.460 e. The topological polar surface area (TPSA) is 76.7 Å². The lowest BCUT2D eigenvalue weighted by Crippen LogP contribution is -2.68. The van der Waals surface area contributed by atoms with Crippen molar-refractivity contribution < 1.29 is 41.0 Å². The molecule has 0 bridgehead atoms. The Morgan fingerprint density at radius 2 is 1.61 bits per heavy atom. The van der Waals surface area contributed by atoms with Gasteiger partial charge in [-0.25, -0.2) is 18.4 Å². The van der Waals surface area contributed by atoms with E-state index in [1.807, 2.05) is 5.32 Å². The number of carbonyl (C=O) groups excluding carboxylic acids is 2. The number of para-hydroxylation sites is 1. The third-order valence-corrected chi connectivity index (χ3v) is 3.35. The van der Waals surface area contributed by atoms with Crippen LogP contribution in [0.2, 0.25) is 0 Å². The number of hydrogen-bond donors (Lipinski definition) is 2. The summed E-state index contributed by atoms with van der Waals surface area (Å²) >= 11 is 0. The molecule has 2 aromatic rings. The van der Waals surface area contributed by atoms with Crippen LogP contribution < -0.4 is 15.4 Å². The first-order valence-electron chi connectivity index (χ1n) is 7.52. The van der Waals surface area contributed by atoms with Crippen molar-refractivity contribution in [2.75, 3.05) is 12.4 Å². The Labute approximate surface area is 155 Å². The summed E-state index contributed by atoms with van der Waals surface area (Å²) in [5, 5.41) is 3.22. The van der Waals surface area contributed by atoms with Gasteiger partial charge in [0.05, 0.1) is 7.11 Å². The van der Waals surface area contributed by atoms with Gasteiger partial charge >= 0.3 is 23.9 Å². The van der Waals surface area contributed by atoms with Crippen LogP contribution in [-0.4, -0.2) is 31.0 Å². The molecule has 11 heteroatoms. The second-order valence-electron chi connectivity index (χ2n) is 5.29. The summed E-state index contributed by atoms with van der Waals surface area (Å²) in [6.45, 7) is 0. The molecule has 0 saturated heterocycles. The van der Waals surface area contributed by atoms with Gasteiger partial charge in [-0.1, -0.05) is 18.2 Å². The Morgan fingerprint density at radius 3 is 2.14 bits per heavy atom. The standard InChI is InChI=1S/C17H13F5N2O4/c1-27-14(25)16(17(20,21)22,28-11-5-3-2-4-6-11)24-15(26)23-10-7-8-12(18)13(19)9-10/h2-9H,1H3,(H2,23,24,26). The summed E-state index contributed by atoms with van der Waals surface area (Å²) in [5.41, 5.74) is -4.26. The number of urea groups is 1. The number of esters is 1. The molecule has 0 radical (unpaired) electrons. The van der Waals surface area contributed by atoms with Gasteiger partial charge in [0.15, 0.2) is 11.6 Å². The van der Waals surface area contributed by atoms with Crippen molar-refractivity contribution in [1.29, 1.82) is 0 Å². The van der Waals surface area contributed by atoms with Crippen LogP contribution in [0, 0.1) is 11.6 Å². The van der Waals surface area contributed by atoms with Crippen LogP contribution in [0.3, 0.4) is 0 Å². The molecule has 1 unspecified atom stereocenters. The molecule has 150 valence electrons. The molecular formula is C17H13F5N2O4. The van der Waals surface area contributed by atoms with Crippen molar-refractivity contribution in [2.45, 2.75) is 11.9 Å². The molecule has 2 aromatic carbocycles. The largest absolute Gasteiger partial charge is 0.464 e. The van der Waals surface area contributed by atoms with Gasteiger partial charge < -0.3 is 14.8 Å². The number of halogens is 5. The van der Waals surface area contributed by atoms with E-state index < -0.39 is 41.3 Å². The van der Waals surface area contributed by atoms with Crippen molar-refractivity contribution in [3.63, 3.8) is 0 Å². The molecular weight excluding hydrogens is 391 g/mol. The van der Waals surface area contributed by atoms with Crippen LogP contribution in [0.4, 0.5) is 32.4 Å². The summed E-state index contributed by atoms with van der Waals surface area (Å²) in [6.07, 6.45) is -5.44. The number of carbonyl (C=O) groups is 2. The maximum atomic E-state index is 13.7. The van der Waals surface area contributed by atoms with Crippen molar-refractivity contribution in [3.8, 4) is 5.75 Å². The van der Waals surface area contributed by atoms with Crippen LogP contribution in [0.15, 0.2) is 48.5 Å². The van der Waals surface area contributed by atoms with E-state index in [-0.39, 0.29) is 5.69 Å². The van der Waals surface area contributed by atoms with Crippen molar-refractivity contribution in [3.05, 3.63) is 60.2 Å². The third-order valence-electron chi connectivity index (χ3n) is 3.35. The number of nitrogens with one attached hydrogen (secondary N) is 2. The van der Waals surface area contributed by atoms with Crippen LogP contribution in [0.5, 0.6) is 5.75 Å². The van der Waals surface area contributed by atoms with Gasteiger partial charge in [0.25, 0.3) is 0 Å². The van der Waals surface area contributed by atoms with E-state index in [1.54, 1.807) is 0 Å². The zero-order valence-electron chi connectivity index (χ0n) is 14.1. The number of hydrogen-bond acceptors (Lipinski definition) is 4.